The van der Waals surface area contributed by atoms with E-state index in [0.717, 1.165) is 12.3 Å². The average molecular weight is 218 g/mol. The summed E-state index contributed by atoms with van der Waals surface area (Å²) >= 11 is 0. The molecule has 0 aromatic heterocycles. The van der Waals surface area contributed by atoms with E-state index in [1.54, 1.807) is 7.11 Å². The summed E-state index contributed by atoms with van der Waals surface area (Å²) in [7, 11) is 3.92. The third-order valence-electron chi connectivity index (χ3n) is 4.15. The van der Waals surface area contributed by atoms with Crippen molar-refractivity contribution < 1.29 is 4.74 Å². The SMILES string of the molecule is COc1cccc2c1C1(C)CCNC1N2C. The maximum atomic E-state index is 5.52. The van der Waals surface area contributed by atoms with Crippen molar-refractivity contribution in [2.45, 2.75) is 24.9 Å². The number of nitrogens with zero attached hydrogens (tertiary/aromatic N) is 1. The molecule has 2 heterocycles. The lowest BCUT2D eigenvalue weighted by Gasteiger charge is -2.28. The van der Waals surface area contributed by atoms with Crippen molar-refractivity contribution in [3.8, 4) is 5.75 Å². The van der Waals surface area contributed by atoms with E-state index in [1.165, 1.54) is 17.7 Å². The van der Waals surface area contributed by atoms with Gasteiger partial charge in [-0.1, -0.05) is 13.0 Å². The molecule has 2 aliphatic heterocycles. The summed E-state index contributed by atoms with van der Waals surface area (Å²) in [5.74, 6) is 1.03. The van der Waals surface area contributed by atoms with Crippen LogP contribution >= 0.6 is 0 Å². The molecule has 0 bridgehead atoms. The molecule has 0 saturated carbocycles. The lowest BCUT2D eigenvalue weighted by Crippen LogP contribution is -2.44. The molecule has 16 heavy (non-hydrogen) atoms. The minimum Gasteiger partial charge on any atom is -0.496 e. The Morgan fingerprint density at radius 2 is 2.31 bits per heavy atom. The van der Waals surface area contributed by atoms with Crippen LogP contribution < -0.4 is 15.0 Å². The first-order valence-corrected chi connectivity index (χ1v) is 5.82. The Morgan fingerprint density at radius 3 is 3.06 bits per heavy atom. The Bertz CT molecular complexity index is 432. The van der Waals surface area contributed by atoms with Crippen LogP contribution in [-0.4, -0.2) is 26.9 Å². The summed E-state index contributed by atoms with van der Waals surface area (Å²) in [6.45, 7) is 3.42. The fraction of sp³-hybridized carbons (Fsp3) is 0.538. The van der Waals surface area contributed by atoms with Gasteiger partial charge in [0.2, 0.25) is 0 Å². The lowest BCUT2D eigenvalue weighted by atomic mass is 9.81. The number of hydrogen-bond donors (Lipinski definition) is 1. The van der Waals surface area contributed by atoms with Crippen LogP contribution in [0.4, 0.5) is 5.69 Å². The fourth-order valence-corrected chi connectivity index (χ4v) is 3.35. The number of hydrogen-bond acceptors (Lipinski definition) is 3. The molecule has 2 aliphatic rings. The number of nitrogens with one attached hydrogen (secondary N) is 1. The van der Waals surface area contributed by atoms with Gasteiger partial charge in [-0.2, -0.15) is 0 Å². The normalized spacial score (nSPS) is 31.4. The second-order valence-electron chi connectivity index (χ2n) is 4.99. The van der Waals surface area contributed by atoms with Gasteiger partial charge in [-0.15, -0.1) is 0 Å². The minimum absolute atomic E-state index is 0.191. The van der Waals surface area contributed by atoms with E-state index in [0.29, 0.717) is 6.17 Å². The van der Waals surface area contributed by atoms with Crippen molar-refractivity contribution >= 4 is 5.69 Å². The van der Waals surface area contributed by atoms with Crippen LogP contribution in [0.2, 0.25) is 0 Å². The zero-order valence-corrected chi connectivity index (χ0v) is 10.1. The number of ether oxygens (including phenoxy) is 1. The molecule has 3 rings (SSSR count). The van der Waals surface area contributed by atoms with E-state index < -0.39 is 0 Å². The lowest BCUT2D eigenvalue weighted by molar-refractivity contribution is 0.379. The first kappa shape index (κ1) is 9.97. The summed E-state index contributed by atoms with van der Waals surface area (Å²) in [6, 6.07) is 6.32. The van der Waals surface area contributed by atoms with Crippen molar-refractivity contribution in [3.05, 3.63) is 23.8 Å². The van der Waals surface area contributed by atoms with Crippen LogP contribution in [0.25, 0.3) is 0 Å². The second-order valence-corrected chi connectivity index (χ2v) is 4.99. The summed E-state index contributed by atoms with van der Waals surface area (Å²) in [5, 5.41) is 3.58. The summed E-state index contributed by atoms with van der Waals surface area (Å²) in [5.41, 5.74) is 2.87. The predicted octanol–water partition coefficient (Wildman–Crippen LogP) is 1.72. The molecule has 1 saturated heterocycles. The molecule has 0 radical (unpaired) electrons. The van der Waals surface area contributed by atoms with Crippen molar-refractivity contribution in [3.63, 3.8) is 0 Å². The van der Waals surface area contributed by atoms with Gasteiger partial charge in [0.25, 0.3) is 0 Å². The van der Waals surface area contributed by atoms with E-state index in [4.69, 9.17) is 4.74 Å². The van der Waals surface area contributed by atoms with Gasteiger partial charge in [-0.25, -0.2) is 0 Å². The number of methoxy groups -OCH3 is 1. The molecule has 1 aromatic rings. The van der Waals surface area contributed by atoms with Crippen LogP contribution in [0.15, 0.2) is 18.2 Å². The van der Waals surface area contributed by atoms with Crippen LogP contribution in [0, 0.1) is 0 Å². The molecule has 0 amide bonds. The van der Waals surface area contributed by atoms with Crippen LogP contribution in [-0.2, 0) is 5.41 Å². The first-order valence-electron chi connectivity index (χ1n) is 5.82. The van der Waals surface area contributed by atoms with Gasteiger partial charge in [-0.3, -0.25) is 5.32 Å². The number of anilines is 1. The highest BCUT2D eigenvalue weighted by molar-refractivity contribution is 5.69. The fourth-order valence-electron chi connectivity index (χ4n) is 3.35. The molecule has 0 aliphatic carbocycles. The Morgan fingerprint density at radius 1 is 1.50 bits per heavy atom. The summed E-state index contributed by atoms with van der Waals surface area (Å²) < 4.78 is 5.52. The van der Waals surface area contributed by atoms with Crippen molar-refractivity contribution in [2.75, 3.05) is 25.6 Å². The van der Waals surface area contributed by atoms with E-state index >= 15 is 0 Å². The molecule has 1 aromatic carbocycles. The van der Waals surface area contributed by atoms with E-state index in [-0.39, 0.29) is 5.41 Å². The zero-order chi connectivity index (χ0) is 11.3. The maximum Gasteiger partial charge on any atom is 0.124 e. The van der Waals surface area contributed by atoms with E-state index in [1.807, 2.05) is 0 Å². The van der Waals surface area contributed by atoms with E-state index in [9.17, 15) is 0 Å². The Balaban J connectivity index is 2.23. The molecular weight excluding hydrogens is 200 g/mol. The molecule has 2 atom stereocenters. The largest absolute Gasteiger partial charge is 0.496 e. The Hall–Kier alpha value is -1.22. The van der Waals surface area contributed by atoms with Gasteiger partial charge in [0.15, 0.2) is 0 Å². The van der Waals surface area contributed by atoms with Gasteiger partial charge in [-0.05, 0) is 25.1 Å². The second kappa shape index (κ2) is 3.14. The molecule has 1 fully saturated rings. The van der Waals surface area contributed by atoms with Gasteiger partial charge >= 0.3 is 0 Å². The molecule has 2 unspecified atom stereocenters. The first-order chi connectivity index (χ1) is 7.68. The summed E-state index contributed by atoms with van der Waals surface area (Å²) in [4.78, 5) is 2.34. The molecule has 3 nitrogen and oxygen atoms in total. The standard InChI is InChI=1S/C13H18N2O/c1-13-7-8-14-12(13)15(2)9-5-4-6-10(16-3)11(9)13/h4-6,12,14H,7-8H2,1-3H3. The highest BCUT2D eigenvalue weighted by atomic mass is 16.5. The third-order valence-corrected chi connectivity index (χ3v) is 4.15. The van der Waals surface area contributed by atoms with Crippen molar-refractivity contribution in [1.82, 2.24) is 5.32 Å². The maximum absolute atomic E-state index is 5.52. The van der Waals surface area contributed by atoms with Gasteiger partial charge in [0.05, 0.1) is 13.3 Å². The number of likely N-dealkylation sites (N-methyl/N-ethyl adjacent to an activating group) is 1. The van der Waals surface area contributed by atoms with Crippen molar-refractivity contribution in [1.29, 1.82) is 0 Å². The monoisotopic (exact) mass is 218 g/mol. The topological polar surface area (TPSA) is 24.5 Å². The molecule has 1 N–H and O–H groups in total. The predicted molar refractivity (Wildman–Crippen MR) is 65.2 cm³/mol. The Kier molecular flexibility index (Phi) is 1.96. The van der Waals surface area contributed by atoms with Crippen LogP contribution in [0.1, 0.15) is 18.9 Å². The smallest absolute Gasteiger partial charge is 0.124 e. The molecule has 0 spiro atoms. The number of rotatable bonds is 1. The highest BCUT2D eigenvalue weighted by Crippen LogP contribution is 2.51. The van der Waals surface area contributed by atoms with Crippen LogP contribution in [0.5, 0.6) is 5.75 Å². The zero-order valence-electron chi connectivity index (χ0n) is 10.1. The third kappa shape index (κ3) is 1.02. The van der Waals surface area contributed by atoms with Crippen LogP contribution in [0.3, 0.4) is 0 Å². The minimum atomic E-state index is 0.191. The number of benzene rings is 1. The summed E-state index contributed by atoms with van der Waals surface area (Å²) in [6.07, 6.45) is 1.59. The average Bonchev–Trinajstić information content (AvgIpc) is 2.77. The highest BCUT2D eigenvalue weighted by Gasteiger charge is 2.50. The van der Waals surface area contributed by atoms with E-state index in [2.05, 4.69) is 42.4 Å². The van der Waals surface area contributed by atoms with Gasteiger partial charge < -0.3 is 9.64 Å². The quantitative estimate of drug-likeness (QED) is 0.777. The molecule has 86 valence electrons. The van der Waals surface area contributed by atoms with Crippen molar-refractivity contribution in [2.24, 2.45) is 0 Å². The Labute approximate surface area is 96.4 Å². The molecular formula is C13H18N2O. The van der Waals surface area contributed by atoms with Gasteiger partial charge in [0, 0.05) is 23.7 Å². The van der Waals surface area contributed by atoms with Gasteiger partial charge in [0.1, 0.15) is 5.75 Å². The number of fused-ring (bicyclic) bond motifs is 3. The molecule has 3 heteroatoms.